The Bertz CT molecular complexity index is 510. The van der Waals surface area contributed by atoms with Crippen LogP contribution in [0.15, 0.2) is 12.1 Å². The number of benzene rings is 1. The van der Waals surface area contributed by atoms with Gasteiger partial charge in [0.05, 0.1) is 19.8 Å². The standard InChI is InChI=1S/C19H32N2O3.2ClH/c1-16-14-17(2)18(3)19(15-16)24-13-12-23-11-9-21-6-4-20(5-7-21)8-10-22;;/h14-15,22H,4-13H2,1-3H3;2*1H. The SMILES string of the molecule is Cc1cc(C)c(C)c(OCCOCCN2CCN(CCO)CC2)c1.Cl.Cl. The van der Waals surface area contributed by atoms with E-state index in [2.05, 4.69) is 42.7 Å². The average Bonchev–Trinajstić information content (AvgIpc) is 2.56. The predicted molar refractivity (Wildman–Crippen MR) is 111 cm³/mol. The maximum atomic E-state index is 8.95. The van der Waals surface area contributed by atoms with E-state index >= 15 is 0 Å². The number of hydrogen-bond acceptors (Lipinski definition) is 5. The number of halogens is 2. The molecular weight excluding hydrogens is 375 g/mol. The summed E-state index contributed by atoms with van der Waals surface area (Å²) in [6.45, 7) is 14.5. The van der Waals surface area contributed by atoms with Crippen molar-refractivity contribution in [1.29, 1.82) is 0 Å². The highest BCUT2D eigenvalue weighted by molar-refractivity contribution is 5.85. The molecule has 1 heterocycles. The minimum absolute atomic E-state index is 0. The first kappa shape index (κ1) is 25.4. The molecule has 1 aliphatic rings. The summed E-state index contributed by atoms with van der Waals surface area (Å²) in [6, 6.07) is 4.27. The largest absolute Gasteiger partial charge is 0.491 e. The number of aliphatic hydroxyl groups is 1. The molecular formula is C19H34Cl2N2O3. The van der Waals surface area contributed by atoms with E-state index in [0.717, 1.165) is 51.6 Å². The van der Waals surface area contributed by atoms with Crippen molar-refractivity contribution in [2.75, 3.05) is 65.7 Å². The Labute approximate surface area is 170 Å². The molecule has 1 fully saturated rings. The van der Waals surface area contributed by atoms with Gasteiger partial charge in [-0.25, -0.2) is 0 Å². The number of ether oxygens (including phenoxy) is 2. The van der Waals surface area contributed by atoms with Gasteiger partial charge in [-0.15, -0.1) is 24.8 Å². The van der Waals surface area contributed by atoms with E-state index in [-0.39, 0.29) is 31.4 Å². The van der Waals surface area contributed by atoms with Gasteiger partial charge < -0.3 is 14.6 Å². The summed E-state index contributed by atoms with van der Waals surface area (Å²) in [6.07, 6.45) is 0. The highest BCUT2D eigenvalue weighted by Crippen LogP contribution is 2.23. The lowest BCUT2D eigenvalue weighted by Crippen LogP contribution is -2.47. The van der Waals surface area contributed by atoms with Gasteiger partial charge in [-0.05, 0) is 43.5 Å². The van der Waals surface area contributed by atoms with E-state index < -0.39 is 0 Å². The highest BCUT2D eigenvalue weighted by atomic mass is 35.5. The molecule has 0 spiro atoms. The second kappa shape index (κ2) is 13.6. The van der Waals surface area contributed by atoms with Crippen LogP contribution in [-0.2, 0) is 4.74 Å². The van der Waals surface area contributed by atoms with Crippen molar-refractivity contribution >= 4 is 24.8 Å². The van der Waals surface area contributed by atoms with Crippen molar-refractivity contribution in [3.63, 3.8) is 0 Å². The normalized spacial score (nSPS) is 15.2. The molecule has 1 saturated heterocycles. The third kappa shape index (κ3) is 8.42. The van der Waals surface area contributed by atoms with Crippen LogP contribution in [0.5, 0.6) is 5.75 Å². The number of piperazine rings is 1. The molecule has 0 atom stereocenters. The number of hydrogen-bond donors (Lipinski definition) is 1. The van der Waals surface area contributed by atoms with Crippen molar-refractivity contribution in [3.8, 4) is 5.75 Å². The zero-order valence-corrected chi connectivity index (χ0v) is 17.8. The lowest BCUT2D eigenvalue weighted by molar-refractivity contribution is 0.0580. The lowest BCUT2D eigenvalue weighted by Gasteiger charge is -2.34. The monoisotopic (exact) mass is 408 g/mol. The Hall–Kier alpha value is -0.560. The van der Waals surface area contributed by atoms with Gasteiger partial charge in [0.15, 0.2) is 0 Å². The van der Waals surface area contributed by atoms with Crippen molar-refractivity contribution in [1.82, 2.24) is 9.80 Å². The topological polar surface area (TPSA) is 45.2 Å². The zero-order chi connectivity index (χ0) is 17.4. The molecule has 1 N–H and O–H groups in total. The molecule has 2 rings (SSSR count). The lowest BCUT2D eigenvalue weighted by atomic mass is 10.1. The summed E-state index contributed by atoms with van der Waals surface area (Å²) in [5.74, 6) is 0.969. The predicted octanol–water partition coefficient (Wildman–Crippen LogP) is 2.46. The molecule has 0 aromatic heterocycles. The van der Waals surface area contributed by atoms with Gasteiger partial charge in [-0.1, -0.05) is 6.07 Å². The maximum absolute atomic E-state index is 8.95. The molecule has 7 heteroatoms. The van der Waals surface area contributed by atoms with E-state index in [1.807, 2.05) is 0 Å². The van der Waals surface area contributed by atoms with Crippen LogP contribution in [0.3, 0.4) is 0 Å². The number of rotatable bonds is 9. The fourth-order valence-corrected chi connectivity index (χ4v) is 3.03. The summed E-state index contributed by atoms with van der Waals surface area (Å²) < 4.78 is 11.6. The number of aryl methyl sites for hydroxylation is 2. The van der Waals surface area contributed by atoms with Crippen LogP contribution in [-0.4, -0.2) is 80.6 Å². The molecule has 5 nitrogen and oxygen atoms in total. The van der Waals surface area contributed by atoms with Gasteiger partial charge in [-0.2, -0.15) is 0 Å². The first-order chi connectivity index (χ1) is 11.6. The Morgan fingerprint density at radius 2 is 1.50 bits per heavy atom. The van der Waals surface area contributed by atoms with Crippen LogP contribution in [0.4, 0.5) is 0 Å². The minimum Gasteiger partial charge on any atom is -0.491 e. The van der Waals surface area contributed by atoms with Gasteiger partial charge in [0.2, 0.25) is 0 Å². The minimum atomic E-state index is 0. The first-order valence-electron chi connectivity index (χ1n) is 8.94. The van der Waals surface area contributed by atoms with Crippen molar-refractivity contribution in [2.24, 2.45) is 0 Å². The van der Waals surface area contributed by atoms with Crippen LogP contribution in [0.1, 0.15) is 16.7 Å². The van der Waals surface area contributed by atoms with Crippen molar-refractivity contribution < 1.29 is 14.6 Å². The Morgan fingerprint density at radius 1 is 0.885 bits per heavy atom. The second-order valence-electron chi connectivity index (χ2n) is 6.57. The van der Waals surface area contributed by atoms with E-state index in [4.69, 9.17) is 14.6 Å². The molecule has 0 radical (unpaired) electrons. The molecule has 1 aromatic rings. The van der Waals surface area contributed by atoms with Crippen LogP contribution in [0.25, 0.3) is 0 Å². The molecule has 0 bridgehead atoms. The smallest absolute Gasteiger partial charge is 0.122 e. The fraction of sp³-hybridized carbons (Fsp3) is 0.684. The van der Waals surface area contributed by atoms with Crippen molar-refractivity contribution in [2.45, 2.75) is 20.8 Å². The second-order valence-corrected chi connectivity index (χ2v) is 6.57. The molecule has 0 amide bonds. The van der Waals surface area contributed by atoms with E-state index in [0.29, 0.717) is 13.2 Å². The molecule has 1 aromatic carbocycles. The third-order valence-electron chi connectivity index (χ3n) is 4.68. The maximum Gasteiger partial charge on any atom is 0.122 e. The van der Waals surface area contributed by atoms with Gasteiger partial charge in [0, 0.05) is 39.3 Å². The molecule has 0 saturated carbocycles. The van der Waals surface area contributed by atoms with Crippen LogP contribution in [0.2, 0.25) is 0 Å². The quantitative estimate of drug-likeness (QED) is 0.635. The Balaban J connectivity index is 0.00000312. The van der Waals surface area contributed by atoms with Gasteiger partial charge in [0.1, 0.15) is 12.4 Å². The summed E-state index contributed by atoms with van der Waals surface area (Å²) in [5.41, 5.74) is 3.71. The summed E-state index contributed by atoms with van der Waals surface area (Å²) in [4.78, 5) is 4.72. The van der Waals surface area contributed by atoms with Crippen LogP contribution >= 0.6 is 24.8 Å². The summed E-state index contributed by atoms with van der Waals surface area (Å²) >= 11 is 0. The van der Waals surface area contributed by atoms with Crippen LogP contribution < -0.4 is 4.74 Å². The van der Waals surface area contributed by atoms with Gasteiger partial charge >= 0.3 is 0 Å². The highest BCUT2D eigenvalue weighted by Gasteiger charge is 2.15. The number of nitrogens with zero attached hydrogens (tertiary/aromatic N) is 2. The third-order valence-corrected chi connectivity index (χ3v) is 4.68. The molecule has 0 unspecified atom stereocenters. The van der Waals surface area contributed by atoms with E-state index in [9.17, 15) is 0 Å². The molecule has 1 aliphatic heterocycles. The summed E-state index contributed by atoms with van der Waals surface area (Å²) in [5, 5.41) is 8.95. The van der Waals surface area contributed by atoms with Crippen LogP contribution in [0, 0.1) is 20.8 Å². The Kier molecular flexibility index (Phi) is 13.3. The first-order valence-corrected chi connectivity index (χ1v) is 8.94. The van der Waals surface area contributed by atoms with Crippen molar-refractivity contribution in [3.05, 3.63) is 28.8 Å². The van der Waals surface area contributed by atoms with E-state index in [1.54, 1.807) is 0 Å². The Morgan fingerprint density at radius 3 is 2.12 bits per heavy atom. The summed E-state index contributed by atoms with van der Waals surface area (Å²) in [7, 11) is 0. The fourth-order valence-electron chi connectivity index (χ4n) is 3.03. The van der Waals surface area contributed by atoms with Gasteiger partial charge in [-0.3, -0.25) is 9.80 Å². The number of aliphatic hydroxyl groups excluding tert-OH is 1. The van der Waals surface area contributed by atoms with E-state index in [1.165, 1.54) is 16.7 Å². The zero-order valence-electron chi connectivity index (χ0n) is 16.2. The molecule has 152 valence electrons. The average molecular weight is 409 g/mol. The van der Waals surface area contributed by atoms with Gasteiger partial charge in [0.25, 0.3) is 0 Å². The molecule has 0 aliphatic carbocycles. The number of β-amino-alcohol motifs (C(OH)–C–C–N with tert-alkyl or cyclic N) is 1. The molecule has 26 heavy (non-hydrogen) atoms.